The Labute approximate surface area is 83.4 Å². The lowest BCUT2D eigenvalue weighted by atomic mass is 9.93. The molecule has 0 heterocycles. The van der Waals surface area contributed by atoms with Crippen LogP contribution in [0.15, 0.2) is 24.3 Å². The standard InChI is InChI=1S/C11H11ClO/c1-3-8-11(2,13)9-4-6-10(12)7-5-9/h1,4-7,13H,8H2,2H3. The van der Waals surface area contributed by atoms with Crippen LogP contribution < -0.4 is 0 Å². The van der Waals surface area contributed by atoms with Gasteiger partial charge in [-0.05, 0) is 24.6 Å². The lowest BCUT2D eigenvalue weighted by Crippen LogP contribution is -2.19. The molecule has 1 nitrogen and oxygen atoms in total. The summed E-state index contributed by atoms with van der Waals surface area (Å²) in [6, 6.07) is 7.03. The highest BCUT2D eigenvalue weighted by Gasteiger charge is 2.21. The van der Waals surface area contributed by atoms with E-state index in [9.17, 15) is 5.11 Å². The molecule has 1 aromatic carbocycles. The van der Waals surface area contributed by atoms with Gasteiger partial charge in [0.1, 0.15) is 0 Å². The van der Waals surface area contributed by atoms with Gasteiger partial charge in [-0.3, -0.25) is 0 Å². The van der Waals surface area contributed by atoms with E-state index in [4.69, 9.17) is 18.0 Å². The maximum atomic E-state index is 9.89. The predicted molar refractivity (Wildman–Crippen MR) is 54.5 cm³/mol. The van der Waals surface area contributed by atoms with Crippen LogP contribution in [-0.2, 0) is 5.60 Å². The third-order valence-corrected chi connectivity index (χ3v) is 2.16. The SMILES string of the molecule is C#CCC(C)(O)c1ccc(Cl)cc1. The summed E-state index contributed by atoms with van der Waals surface area (Å²) < 4.78 is 0. The van der Waals surface area contributed by atoms with E-state index in [1.165, 1.54) is 0 Å². The van der Waals surface area contributed by atoms with Crippen molar-refractivity contribution in [3.05, 3.63) is 34.9 Å². The molecule has 1 rings (SSSR count). The maximum Gasteiger partial charge on any atom is 0.0977 e. The van der Waals surface area contributed by atoms with Gasteiger partial charge >= 0.3 is 0 Å². The minimum Gasteiger partial charge on any atom is -0.384 e. The number of hydrogen-bond donors (Lipinski definition) is 1. The van der Waals surface area contributed by atoms with E-state index in [2.05, 4.69) is 5.92 Å². The Bertz CT molecular complexity index is 319. The van der Waals surface area contributed by atoms with Gasteiger partial charge in [0, 0.05) is 11.4 Å². The van der Waals surface area contributed by atoms with E-state index in [-0.39, 0.29) is 0 Å². The van der Waals surface area contributed by atoms with E-state index in [1.54, 1.807) is 31.2 Å². The fraction of sp³-hybridized carbons (Fsp3) is 0.273. The van der Waals surface area contributed by atoms with Crippen molar-refractivity contribution in [1.29, 1.82) is 0 Å². The molecule has 0 aliphatic heterocycles. The molecule has 68 valence electrons. The van der Waals surface area contributed by atoms with Gasteiger partial charge in [-0.1, -0.05) is 23.7 Å². The van der Waals surface area contributed by atoms with Crippen molar-refractivity contribution in [3.63, 3.8) is 0 Å². The third kappa shape index (κ3) is 2.48. The average molecular weight is 195 g/mol. The molecule has 13 heavy (non-hydrogen) atoms. The normalized spacial score (nSPS) is 14.6. The fourth-order valence-corrected chi connectivity index (χ4v) is 1.24. The van der Waals surface area contributed by atoms with Crippen molar-refractivity contribution in [2.75, 3.05) is 0 Å². The van der Waals surface area contributed by atoms with Gasteiger partial charge in [-0.2, -0.15) is 0 Å². The quantitative estimate of drug-likeness (QED) is 0.718. The van der Waals surface area contributed by atoms with Gasteiger partial charge in [-0.15, -0.1) is 12.3 Å². The summed E-state index contributed by atoms with van der Waals surface area (Å²) in [5.74, 6) is 2.44. The van der Waals surface area contributed by atoms with Crippen LogP contribution in [0.2, 0.25) is 5.02 Å². The summed E-state index contributed by atoms with van der Waals surface area (Å²) in [5, 5.41) is 10.5. The highest BCUT2D eigenvalue weighted by molar-refractivity contribution is 6.30. The summed E-state index contributed by atoms with van der Waals surface area (Å²) >= 11 is 5.72. The first-order valence-electron chi connectivity index (χ1n) is 3.98. The molecule has 0 radical (unpaired) electrons. The van der Waals surface area contributed by atoms with Crippen LogP contribution in [0.3, 0.4) is 0 Å². The molecule has 0 spiro atoms. The first-order chi connectivity index (χ1) is 6.06. The molecule has 1 N–H and O–H groups in total. The molecule has 0 amide bonds. The van der Waals surface area contributed by atoms with Crippen LogP contribution in [0, 0.1) is 12.3 Å². The lowest BCUT2D eigenvalue weighted by molar-refractivity contribution is 0.0630. The Morgan fingerprint density at radius 1 is 1.46 bits per heavy atom. The molecule has 0 aliphatic rings. The van der Waals surface area contributed by atoms with Gasteiger partial charge in [-0.25, -0.2) is 0 Å². The first kappa shape index (κ1) is 10.1. The number of rotatable bonds is 2. The topological polar surface area (TPSA) is 20.2 Å². The number of terminal acetylenes is 1. The molecule has 0 aromatic heterocycles. The Morgan fingerprint density at radius 3 is 2.46 bits per heavy atom. The number of aliphatic hydroxyl groups is 1. The summed E-state index contributed by atoms with van der Waals surface area (Å²) in [6.07, 6.45) is 5.45. The van der Waals surface area contributed by atoms with Crippen molar-refractivity contribution < 1.29 is 5.11 Å². The van der Waals surface area contributed by atoms with Crippen LogP contribution in [0.1, 0.15) is 18.9 Å². The van der Waals surface area contributed by atoms with Gasteiger partial charge in [0.15, 0.2) is 0 Å². The highest BCUT2D eigenvalue weighted by Crippen LogP contribution is 2.24. The van der Waals surface area contributed by atoms with Crippen molar-refractivity contribution >= 4 is 11.6 Å². The Kier molecular flexibility index (Phi) is 2.98. The average Bonchev–Trinajstić information content (AvgIpc) is 2.05. The highest BCUT2D eigenvalue weighted by atomic mass is 35.5. The molecule has 0 saturated heterocycles. The van der Waals surface area contributed by atoms with E-state index in [1.807, 2.05) is 0 Å². The van der Waals surface area contributed by atoms with Gasteiger partial charge in [0.25, 0.3) is 0 Å². The Balaban J connectivity index is 2.95. The molecular formula is C11H11ClO. The third-order valence-electron chi connectivity index (χ3n) is 1.91. The summed E-state index contributed by atoms with van der Waals surface area (Å²) in [6.45, 7) is 1.69. The minimum atomic E-state index is -0.959. The molecule has 1 aromatic rings. The van der Waals surface area contributed by atoms with Crippen LogP contribution in [0.5, 0.6) is 0 Å². The second kappa shape index (κ2) is 3.83. The summed E-state index contributed by atoms with van der Waals surface area (Å²) in [4.78, 5) is 0. The van der Waals surface area contributed by atoms with E-state index >= 15 is 0 Å². The zero-order chi connectivity index (χ0) is 9.90. The molecule has 0 saturated carbocycles. The summed E-state index contributed by atoms with van der Waals surface area (Å²) in [5.41, 5.74) is -0.172. The molecule has 1 atom stereocenters. The second-order valence-corrected chi connectivity index (χ2v) is 3.60. The predicted octanol–water partition coefficient (Wildman–Crippen LogP) is 2.57. The number of halogens is 1. The molecule has 0 bridgehead atoms. The lowest BCUT2D eigenvalue weighted by Gasteiger charge is -2.20. The van der Waals surface area contributed by atoms with Gasteiger partial charge in [0.2, 0.25) is 0 Å². The van der Waals surface area contributed by atoms with E-state index in [0.717, 1.165) is 5.56 Å². The smallest absolute Gasteiger partial charge is 0.0977 e. The van der Waals surface area contributed by atoms with E-state index in [0.29, 0.717) is 11.4 Å². The van der Waals surface area contributed by atoms with Crippen LogP contribution in [0.25, 0.3) is 0 Å². The Morgan fingerprint density at radius 2 is 2.00 bits per heavy atom. The van der Waals surface area contributed by atoms with E-state index < -0.39 is 5.60 Å². The summed E-state index contributed by atoms with van der Waals surface area (Å²) in [7, 11) is 0. The van der Waals surface area contributed by atoms with Crippen LogP contribution >= 0.6 is 11.6 Å². The number of benzene rings is 1. The zero-order valence-electron chi connectivity index (χ0n) is 7.42. The number of hydrogen-bond acceptors (Lipinski definition) is 1. The molecule has 0 fully saturated rings. The first-order valence-corrected chi connectivity index (χ1v) is 4.36. The molecular weight excluding hydrogens is 184 g/mol. The van der Waals surface area contributed by atoms with Crippen molar-refractivity contribution in [2.45, 2.75) is 18.9 Å². The molecule has 1 unspecified atom stereocenters. The van der Waals surface area contributed by atoms with Crippen LogP contribution in [0.4, 0.5) is 0 Å². The fourth-order valence-electron chi connectivity index (χ4n) is 1.11. The van der Waals surface area contributed by atoms with Crippen molar-refractivity contribution in [3.8, 4) is 12.3 Å². The largest absolute Gasteiger partial charge is 0.384 e. The van der Waals surface area contributed by atoms with Crippen molar-refractivity contribution in [1.82, 2.24) is 0 Å². The van der Waals surface area contributed by atoms with Crippen molar-refractivity contribution in [2.24, 2.45) is 0 Å². The monoisotopic (exact) mass is 194 g/mol. The maximum absolute atomic E-state index is 9.89. The zero-order valence-corrected chi connectivity index (χ0v) is 8.17. The van der Waals surface area contributed by atoms with Gasteiger partial charge in [0.05, 0.1) is 5.60 Å². The van der Waals surface area contributed by atoms with Crippen LogP contribution in [-0.4, -0.2) is 5.11 Å². The molecule has 2 heteroatoms. The second-order valence-electron chi connectivity index (χ2n) is 3.16. The minimum absolute atomic E-state index is 0.300. The Hall–Kier alpha value is -0.970. The van der Waals surface area contributed by atoms with Gasteiger partial charge < -0.3 is 5.11 Å². The molecule has 0 aliphatic carbocycles.